The van der Waals surface area contributed by atoms with E-state index >= 15 is 0 Å². The molecule has 0 radical (unpaired) electrons. The summed E-state index contributed by atoms with van der Waals surface area (Å²) in [7, 11) is 4.90. The maximum absolute atomic E-state index is 11.3. The maximum atomic E-state index is 11.3. The Kier molecular flexibility index (Phi) is 2.94. The van der Waals surface area contributed by atoms with Gasteiger partial charge in [0.2, 0.25) is 0 Å². The number of alkyl halides is 2. The van der Waals surface area contributed by atoms with Crippen molar-refractivity contribution >= 4 is 35.1 Å². The molecule has 2 N–H and O–H groups in total. The summed E-state index contributed by atoms with van der Waals surface area (Å²) in [6, 6.07) is -0.380. The first-order valence-electron chi connectivity index (χ1n) is 3.94. The molecule has 1 fully saturated rings. The largest absolute Gasteiger partial charge is 0.324 e. The van der Waals surface area contributed by atoms with Crippen LogP contribution in [0.15, 0.2) is 0 Å². The highest BCUT2D eigenvalue weighted by Crippen LogP contribution is 2.29. The van der Waals surface area contributed by atoms with E-state index in [4.69, 9.17) is 28.6 Å². The molecule has 1 aliphatic rings. The zero-order chi connectivity index (χ0) is 11.1. The van der Waals surface area contributed by atoms with Crippen molar-refractivity contribution in [3.8, 4) is 0 Å². The number of urea groups is 1. The first kappa shape index (κ1) is 11.6. The zero-order valence-electron chi connectivity index (χ0n) is 8.14. The fraction of sp³-hybridized carbons (Fsp3) is 0.714. The highest BCUT2D eigenvalue weighted by atomic mass is 35.5. The van der Waals surface area contributed by atoms with E-state index in [1.807, 2.05) is 0 Å². The lowest BCUT2D eigenvalue weighted by atomic mass is 10.1. The van der Waals surface area contributed by atoms with Gasteiger partial charge in [-0.3, -0.25) is 15.2 Å². The van der Waals surface area contributed by atoms with Crippen LogP contribution >= 0.6 is 23.2 Å². The molecule has 1 atom stereocenters. The van der Waals surface area contributed by atoms with E-state index in [2.05, 4.69) is 5.32 Å². The molecule has 0 saturated carbocycles. The number of nitrogens with zero attached hydrogens (tertiary/aromatic N) is 2. The van der Waals surface area contributed by atoms with E-state index in [-0.39, 0.29) is 11.9 Å². The monoisotopic (exact) mass is 238 g/mol. The van der Waals surface area contributed by atoms with Crippen molar-refractivity contribution in [3.63, 3.8) is 0 Å². The summed E-state index contributed by atoms with van der Waals surface area (Å²) in [6.45, 7) is 0. The van der Waals surface area contributed by atoms with Gasteiger partial charge in [0.15, 0.2) is 10.5 Å². The Balaban J connectivity index is 3.14. The summed E-state index contributed by atoms with van der Waals surface area (Å²) in [5.74, 6) is 0.0440. The zero-order valence-corrected chi connectivity index (χ0v) is 9.65. The van der Waals surface area contributed by atoms with Gasteiger partial charge < -0.3 is 5.32 Å². The van der Waals surface area contributed by atoms with Crippen molar-refractivity contribution in [2.45, 2.75) is 10.5 Å². The summed E-state index contributed by atoms with van der Waals surface area (Å²) < 4.78 is 0. The SMILES string of the molecule is CN1C(=N)C(C(Cl)Cl)(N(C)C)NC1=O. The molecule has 0 aliphatic carbocycles. The summed E-state index contributed by atoms with van der Waals surface area (Å²) >= 11 is 11.6. The third-order valence-corrected chi connectivity index (χ3v) is 2.95. The van der Waals surface area contributed by atoms with Crippen LogP contribution in [0.2, 0.25) is 0 Å². The number of amidine groups is 1. The Labute approximate surface area is 92.4 Å². The number of amides is 2. The van der Waals surface area contributed by atoms with Gasteiger partial charge in [-0.05, 0) is 14.1 Å². The van der Waals surface area contributed by atoms with Gasteiger partial charge in [0.05, 0.1) is 0 Å². The van der Waals surface area contributed by atoms with Crippen molar-refractivity contribution in [1.29, 1.82) is 5.41 Å². The number of nitrogens with one attached hydrogen (secondary N) is 2. The number of rotatable bonds is 2. The van der Waals surface area contributed by atoms with Crippen LogP contribution in [0.5, 0.6) is 0 Å². The third kappa shape index (κ3) is 1.36. The van der Waals surface area contributed by atoms with Gasteiger partial charge in [0.25, 0.3) is 0 Å². The topological polar surface area (TPSA) is 59.4 Å². The molecular formula is C7H12Cl2N4O. The molecule has 5 nitrogen and oxygen atoms in total. The molecule has 1 unspecified atom stereocenters. The summed E-state index contributed by atoms with van der Waals surface area (Å²) in [6.07, 6.45) is 0. The fourth-order valence-electron chi connectivity index (χ4n) is 1.34. The van der Waals surface area contributed by atoms with Gasteiger partial charge in [-0.1, -0.05) is 0 Å². The second-order valence-corrected chi connectivity index (χ2v) is 4.40. The summed E-state index contributed by atoms with van der Waals surface area (Å²) in [5.41, 5.74) is -1.13. The number of carbonyl (C=O) groups is 1. The molecule has 7 heteroatoms. The lowest BCUT2D eigenvalue weighted by molar-refractivity contribution is 0.201. The van der Waals surface area contributed by atoms with Crippen molar-refractivity contribution in [1.82, 2.24) is 15.1 Å². The molecule has 0 aromatic rings. The highest BCUT2D eigenvalue weighted by molar-refractivity contribution is 6.47. The van der Waals surface area contributed by atoms with Crippen molar-refractivity contribution < 1.29 is 4.79 Å². The Hall–Kier alpha value is -0.520. The van der Waals surface area contributed by atoms with Gasteiger partial charge >= 0.3 is 6.03 Å². The third-order valence-electron chi connectivity index (χ3n) is 2.32. The molecule has 1 heterocycles. The number of hydrogen-bond acceptors (Lipinski definition) is 3. The highest BCUT2D eigenvalue weighted by Gasteiger charge is 2.53. The van der Waals surface area contributed by atoms with Crippen molar-refractivity contribution in [2.75, 3.05) is 21.1 Å². The molecule has 0 spiro atoms. The van der Waals surface area contributed by atoms with E-state index in [0.717, 1.165) is 0 Å². The fourth-order valence-corrected chi connectivity index (χ4v) is 2.05. The van der Waals surface area contributed by atoms with Gasteiger partial charge in [-0.15, -0.1) is 23.2 Å². The standard InChI is InChI=1S/C7H12Cl2N4O/c1-12(2)7(4(8)9)5(10)13(3)6(14)11-7/h4,10H,1-3H3,(H,11,14). The second-order valence-electron chi connectivity index (χ2n) is 3.30. The summed E-state index contributed by atoms with van der Waals surface area (Å²) in [5, 5.41) is 10.4. The molecule has 0 bridgehead atoms. The quantitative estimate of drug-likeness (QED) is 0.696. The first-order chi connectivity index (χ1) is 6.34. The molecule has 2 amide bonds. The van der Waals surface area contributed by atoms with Crippen LogP contribution in [-0.4, -0.2) is 53.3 Å². The van der Waals surface area contributed by atoms with E-state index in [1.54, 1.807) is 19.0 Å². The average Bonchev–Trinajstić information content (AvgIpc) is 2.30. The molecule has 1 rings (SSSR count). The Morgan fingerprint density at radius 2 is 2.07 bits per heavy atom. The smallest absolute Gasteiger partial charge is 0.310 e. The minimum absolute atomic E-state index is 0.0440. The van der Waals surface area contributed by atoms with Gasteiger partial charge in [-0.25, -0.2) is 4.79 Å². The van der Waals surface area contributed by atoms with E-state index < -0.39 is 10.5 Å². The second kappa shape index (κ2) is 3.56. The van der Waals surface area contributed by atoms with Crippen LogP contribution in [0, 0.1) is 5.41 Å². The summed E-state index contributed by atoms with van der Waals surface area (Å²) in [4.78, 5) is 13.2. The van der Waals surface area contributed by atoms with E-state index in [0.29, 0.717) is 0 Å². The van der Waals surface area contributed by atoms with Crippen LogP contribution in [0.3, 0.4) is 0 Å². The molecule has 0 aromatic heterocycles. The van der Waals surface area contributed by atoms with Crippen LogP contribution < -0.4 is 5.32 Å². The maximum Gasteiger partial charge on any atom is 0.324 e. The van der Waals surface area contributed by atoms with Crippen LogP contribution in [0.25, 0.3) is 0 Å². The lowest BCUT2D eigenvalue weighted by Crippen LogP contribution is -2.62. The average molecular weight is 239 g/mol. The van der Waals surface area contributed by atoms with Gasteiger partial charge in [-0.2, -0.15) is 0 Å². The Morgan fingerprint density at radius 1 is 1.57 bits per heavy atom. The number of likely N-dealkylation sites (N-methyl/N-ethyl adjacent to an activating group) is 2. The predicted molar refractivity (Wildman–Crippen MR) is 55.9 cm³/mol. The van der Waals surface area contributed by atoms with Crippen LogP contribution in [-0.2, 0) is 0 Å². The molecule has 14 heavy (non-hydrogen) atoms. The van der Waals surface area contributed by atoms with Crippen LogP contribution in [0.1, 0.15) is 0 Å². The minimum Gasteiger partial charge on any atom is -0.310 e. The van der Waals surface area contributed by atoms with Crippen molar-refractivity contribution in [2.24, 2.45) is 0 Å². The number of carbonyl (C=O) groups excluding carboxylic acids is 1. The predicted octanol–water partition coefficient (Wildman–Crippen LogP) is 0.680. The molecule has 0 aromatic carbocycles. The molecule has 1 aliphatic heterocycles. The minimum atomic E-state index is -1.13. The Morgan fingerprint density at radius 3 is 2.21 bits per heavy atom. The molecular weight excluding hydrogens is 227 g/mol. The Bertz CT molecular complexity index is 271. The van der Waals surface area contributed by atoms with Gasteiger partial charge in [0, 0.05) is 7.05 Å². The normalized spacial score (nSPS) is 27.8. The van der Waals surface area contributed by atoms with E-state index in [9.17, 15) is 4.79 Å². The number of hydrogen-bond donors (Lipinski definition) is 2. The van der Waals surface area contributed by atoms with E-state index in [1.165, 1.54) is 11.9 Å². The van der Waals surface area contributed by atoms with Gasteiger partial charge in [0.1, 0.15) is 5.84 Å². The molecule has 1 saturated heterocycles. The first-order valence-corrected chi connectivity index (χ1v) is 4.81. The molecule has 80 valence electrons. The lowest BCUT2D eigenvalue weighted by Gasteiger charge is -2.35. The van der Waals surface area contributed by atoms with Crippen molar-refractivity contribution in [3.05, 3.63) is 0 Å². The van der Waals surface area contributed by atoms with Crippen LogP contribution in [0.4, 0.5) is 4.79 Å². The number of halogens is 2.